The zero-order valence-electron chi connectivity index (χ0n) is 8.56. The number of hydrogen-bond acceptors (Lipinski definition) is 3. The maximum absolute atomic E-state index is 6.12. The van der Waals surface area contributed by atoms with E-state index >= 15 is 0 Å². The zero-order valence-corrected chi connectivity index (χ0v) is 8.56. The zero-order chi connectivity index (χ0) is 9.97. The first-order valence-corrected chi connectivity index (χ1v) is 5.28. The van der Waals surface area contributed by atoms with E-state index in [0.717, 1.165) is 12.3 Å². The fraction of sp³-hybridized carbons (Fsp3) is 0.636. The lowest BCUT2D eigenvalue weighted by molar-refractivity contribution is 0.305. The second kappa shape index (κ2) is 4.05. The Morgan fingerprint density at radius 3 is 2.71 bits per heavy atom. The third-order valence-corrected chi connectivity index (χ3v) is 3.17. The van der Waals surface area contributed by atoms with Gasteiger partial charge in [0.2, 0.25) is 0 Å². The van der Waals surface area contributed by atoms with Gasteiger partial charge >= 0.3 is 0 Å². The third kappa shape index (κ3) is 1.93. The Kier molecular flexibility index (Phi) is 2.77. The Balaban J connectivity index is 2.16. The van der Waals surface area contributed by atoms with Crippen molar-refractivity contribution in [2.24, 2.45) is 11.7 Å². The van der Waals surface area contributed by atoms with Crippen LogP contribution in [0, 0.1) is 5.92 Å². The maximum Gasteiger partial charge on any atom is 0.115 e. The van der Waals surface area contributed by atoms with Crippen molar-refractivity contribution in [2.45, 2.75) is 38.1 Å². The molecule has 76 valence electrons. The molecule has 0 spiro atoms. The number of nitrogens with two attached hydrogens (primary N) is 1. The average molecular weight is 191 g/mol. The van der Waals surface area contributed by atoms with Crippen LogP contribution < -0.4 is 5.73 Å². The van der Waals surface area contributed by atoms with Gasteiger partial charge in [-0.05, 0) is 30.7 Å². The lowest BCUT2D eigenvalue weighted by Crippen LogP contribution is -2.34. The van der Waals surface area contributed by atoms with Gasteiger partial charge in [0.05, 0.1) is 0 Å². The Labute approximate surface area is 84.8 Å². The van der Waals surface area contributed by atoms with E-state index < -0.39 is 0 Å². The van der Waals surface area contributed by atoms with Crippen molar-refractivity contribution in [1.29, 1.82) is 0 Å². The van der Waals surface area contributed by atoms with E-state index in [1.807, 2.05) is 12.4 Å². The molecule has 1 aliphatic carbocycles. The SMILES string of the molecule is CC1CCC(N)C(c2cncnc2)C1. The largest absolute Gasteiger partial charge is 0.327 e. The molecule has 3 atom stereocenters. The Morgan fingerprint density at radius 2 is 2.00 bits per heavy atom. The van der Waals surface area contributed by atoms with Crippen molar-refractivity contribution in [2.75, 3.05) is 0 Å². The number of rotatable bonds is 1. The molecule has 0 saturated heterocycles. The lowest BCUT2D eigenvalue weighted by atomic mass is 9.76. The quantitative estimate of drug-likeness (QED) is 0.735. The highest BCUT2D eigenvalue weighted by molar-refractivity contribution is 5.14. The summed E-state index contributed by atoms with van der Waals surface area (Å²) in [6.45, 7) is 2.29. The van der Waals surface area contributed by atoms with Gasteiger partial charge in [-0.15, -0.1) is 0 Å². The normalized spacial score (nSPS) is 32.9. The predicted octanol–water partition coefficient (Wildman–Crippen LogP) is 1.71. The molecule has 3 unspecified atom stereocenters. The number of aromatic nitrogens is 2. The first-order chi connectivity index (χ1) is 6.77. The molecule has 0 aromatic carbocycles. The summed E-state index contributed by atoms with van der Waals surface area (Å²) in [5, 5.41) is 0. The molecule has 1 aromatic rings. The van der Waals surface area contributed by atoms with Gasteiger partial charge in [0.1, 0.15) is 6.33 Å². The molecule has 0 aliphatic heterocycles. The fourth-order valence-electron chi connectivity index (χ4n) is 2.29. The monoisotopic (exact) mass is 191 g/mol. The summed E-state index contributed by atoms with van der Waals surface area (Å²) in [4.78, 5) is 8.11. The highest BCUT2D eigenvalue weighted by Gasteiger charge is 2.27. The first kappa shape index (κ1) is 9.59. The molecule has 0 radical (unpaired) electrons. The van der Waals surface area contributed by atoms with Crippen LogP contribution in [0.2, 0.25) is 0 Å². The Bertz CT molecular complexity index is 286. The molecule has 1 heterocycles. The predicted molar refractivity (Wildman–Crippen MR) is 55.8 cm³/mol. The highest BCUT2D eigenvalue weighted by atomic mass is 14.8. The minimum atomic E-state index is 0.289. The second-order valence-electron chi connectivity index (χ2n) is 4.36. The van der Waals surface area contributed by atoms with Gasteiger partial charge in [-0.2, -0.15) is 0 Å². The van der Waals surface area contributed by atoms with E-state index in [9.17, 15) is 0 Å². The van der Waals surface area contributed by atoms with Crippen molar-refractivity contribution in [3.63, 3.8) is 0 Å². The summed E-state index contributed by atoms with van der Waals surface area (Å²) >= 11 is 0. The van der Waals surface area contributed by atoms with Crippen molar-refractivity contribution in [3.05, 3.63) is 24.3 Å². The Hall–Kier alpha value is -0.960. The highest BCUT2D eigenvalue weighted by Crippen LogP contribution is 2.34. The van der Waals surface area contributed by atoms with Crippen molar-refractivity contribution >= 4 is 0 Å². The van der Waals surface area contributed by atoms with Crippen LogP contribution in [0.3, 0.4) is 0 Å². The number of hydrogen-bond donors (Lipinski definition) is 1. The molecule has 2 rings (SSSR count). The van der Waals surface area contributed by atoms with Gasteiger partial charge in [-0.25, -0.2) is 9.97 Å². The maximum atomic E-state index is 6.12. The summed E-state index contributed by atoms with van der Waals surface area (Å²) in [6.07, 6.45) is 8.92. The van der Waals surface area contributed by atoms with Crippen LogP contribution in [-0.4, -0.2) is 16.0 Å². The van der Waals surface area contributed by atoms with Gasteiger partial charge < -0.3 is 5.73 Å². The molecule has 1 aliphatic rings. The molecule has 1 fully saturated rings. The van der Waals surface area contributed by atoms with Crippen LogP contribution in [0.5, 0.6) is 0 Å². The Morgan fingerprint density at radius 1 is 1.29 bits per heavy atom. The second-order valence-corrected chi connectivity index (χ2v) is 4.36. The average Bonchev–Trinajstić information content (AvgIpc) is 2.23. The molecule has 1 aromatic heterocycles. The topological polar surface area (TPSA) is 51.8 Å². The fourth-order valence-corrected chi connectivity index (χ4v) is 2.29. The minimum absolute atomic E-state index is 0.289. The van der Waals surface area contributed by atoms with E-state index in [2.05, 4.69) is 16.9 Å². The van der Waals surface area contributed by atoms with Crippen LogP contribution in [-0.2, 0) is 0 Å². The van der Waals surface area contributed by atoms with Crippen molar-refractivity contribution in [1.82, 2.24) is 9.97 Å². The summed E-state index contributed by atoms with van der Waals surface area (Å²) in [7, 11) is 0. The van der Waals surface area contributed by atoms with E-state index in [4.69, 9.17) is 5.73 Å². The summed E-state index contributed by atoms with van der Waals surface area (Å²) in [6, 6.07) is 0.289. The molecular weight excluding hydrogens is 174 g/mol. The smallest absolute Gasteiger partial charge is 0.115 e. The molecule has 3 heteroatoms. The van der Waals surface area contributed by atoms with Gasteiger partial charge in [0, 0.05) is 24.4 Å². The van der Waals surface area contributed by atoms with Gasteiger partial charge in [0.25, 0.3) is 0 Å². The van der Waals surface area contributed by atoms with Crippen molar-refractivity contribution < 1.29 is 0 Å². The van der Waals surface area contributed by atoms with E-state index in [1.165, 1.54) is 18.4 Å². The molecule has 0 bridgehead atoms. The summed E-state index contributed by atoms with van der Waals surface area (Å²) < 4.78 is 0. The van der Waals surface area contributed by atoms with Crippen LogP contribution in [0.1, 0.15) is 37.7 Å². The van der Waals surface area contributed by atoms with E-state index in [-0.39, 0.29) is 6.04 Å². The number of nitrogens with zero attached hydrogens (tertiary/aromatic N) is 2. The van der Waals surface area contributed by atoms with Crippen LogP contribution in [0.25, 0.3) is 0 Å². The third-order valence-electron chi connectivity index (χ3n) is 3.17. The molecule has 2 N–H and O–H groups in total. The van der Waals surface area contributed by atoms with Gasteiger partial charge in [0.15, 0.2) is 0 Å². The molecular formula is C11H17N3. The standard InChI is InChI=1S/C11H17N3/c1-8-2-3-11(12)10(4-8)9-5-13-7-14-6-9/h5-8,10-11H,2-4,12H2,1H3. The lowest BCUT2D eigenvalue weighted by Gasteiger charge is -2.32. The summed E-state index contributed by atoms with van der Waals surface area (Å²) in [5.41, 5.74) is 7.32. The minimum Gasteiger partial charge on any atom is -0.327 e. The van der Waals surface area contributed by atoms with E-state index in [1.54, 1.807) is 6.33 Å². The van der Waals surface area contributed by atoms with Crippen LogP contribution >= 0.6 is 0 Å². The van der Waals surface area contributed by atoms with Crippen molar-refractivity contribution in [3.8, 4) is 0 Å². The first-order valence-electron chi connectivity index (χ1n) is 5.28. The molecule has 0 amide bonds. The molecule has 1 saturated carbocycles. The van der Waals surface area contributed by atoms with E-state index in [0.29, 0.717) is 5.92 Å². The molecule has 14 heavy (non-hydrogen) atoms. The molecule has 3 nitrogen and oxygen atoms in total. The van der Waals surface area contributed by atoms with Gasteiger partial charge in [-0.3, -0.25) is 0 Å². The van der Waals surface area contributed by atoms with Crippen LogP contribution in [0.15, 0.2) is 18.7 Å². The van der Waals surface area contributed by atoms with Gasteiger partial charge in [-0.1, -0.05) is 6.92 Å². The van der Waals surface area contributed by atoms with Crippen LogP contribution in [0.4, 0.5) is 0 Å². The summed E-state index contributed by atoms with van der Waals surface area (Å²) in [5.74, 6) is 1.24.